The number of carbonyl (C=O) groups excluding carboxylic acids is 2. The van der Waals surface area contributed by atoms with E-state index >= 15 is 0 Å². The average molecular weight is 394 g/mol. The van der Waals surface area contributed by atoms with Crippen LogP contribution >= 0.6 is 23.2 Å². The number of benzene rings is 1. The van der Waals surface area contributed by atoms with Crippen LogP contribution in [0.5, 0.6) is 0 Å². The quantitative estimate of drug-likeness (QED) is 0.665. The number of ether oxygens (including phenoxy) is 1. The first kappa shape index (κ1) is 19.1. The number of carbonyl (C=O) groups is 2. The van der Waals surface area contributed by atoms with Gasteiger partial charge in [0.05, 0.1) is 17.2 Å². The van der Waals surface area contributed by atoms with E-state index in [1.807, 2.05) is 19.9 Å². The summed E-state index contributed by atoms with van der Waals surface area (Å²) in [4.78, 5) is 30.2. The first-order valence-electron chi connectivity index (χ1n) is 8.49. The highest BCUT2D eigenvalue weighted by atomic mass is 35.5. The number of hydrogen-bond donors (Lipinski definition) is 0. The van der Waals surface area contributed by atoms with Crippen LogP contribution in [-0.2, 0) is 14.3 Å². The molecule has 0 spiro atoms. The molecule has 0 bridgehead atoms. The maximum absolute atomic E-state index is 13.0. The number of halogens is 2. The number of ketones is 1. The molecule has 1 aromatic rings. The molecule has 0 saturated carbocycles. The van der Waals surface area contributed by atoms with E-state index in [1.165, 1.54) is 7.11 Å². The lowest BCUT2D eigenvalue weighted by atomic mass is 9.67. The Hall–Kier alpha value is -1.65. The number of rotatable bonds is 2. The Balaban J connectivity index is 2.26. The zero-order valence-corrected chi connectivity index (χ0v) is 16.7. The van der Waals surface area contributed by atoms with Crippen LogP contribution in [0, 0.1) is 11.3 Å². The van der Waals surface area contributed by atoms with Crippen molar-refractivity contribution >= 4 is 40.7 Å². The molecule has 0 fully saturated rings. The molecule has 4 nitrogen and oxygen atoms in total. The minimum absolute atomic E-state index is 0.00226. The summed E-state index contributed by atoms with van der Waals surface area (Å²) in [5, 5.41) is 0.742. The van der Waals surface area contributed by atoms with Crippen LogP contribution in [0.3, 0.4) is 0 Å². The number of esters is 1. The van der Waals surface area contributed by atoms with Gasteiger partial charge in [-0.05, 0) is 30.4 Å². The van der Waals surface area contributed by atoms with Gasteiger partial charge in [-0.2, -0.15) is 0 Å². The molecular weight excluding hydrogens is 373 g/mol. The molecule has 2 atom stereocenters. The van der Waals surface area contributed by atoms with E-state index in [-0.39, 0.29) is 11.2 Å². The lowest BCUT2D eigenvalue weighted by Crippen LogP contribution is -2.39. The summed E-state index contributed by atoms with van der Waals surface area (Å²) in [6.07, 6.45) is 1.08. The van der Waals surface area contributed by atoms with E-state index in [0.717, 1.165) is 5.70 Å². The summed E-state index contributed by atoms with van der Waals surface area (Å²) in [6.45, 7) is 5.89. The second-order valence-corrected chi connectivity index (χ2v) is 8.46. The van der Waals surface area contributed by atoms with Crippen molar-refractivity contribution in [3.63, 3.8) is 0 Å². The van der Waals surface area contributed by atoms with Gasteiger partial charge >= 0.3 is 5.97 Å². The zero-order valence-electron chi connectivity index (χ0n) is 15.2. The van der Waals surface area contributed by atoms with E-state index in [9.17, 15) is 9.59 Å². The average Bonchev–Trinajstić information content (AvgIpc) is 2.54. The van der Waals surface area contributed by atoms with Gasteiger partial charge in [0.1, 0.15) is 5.92 Å². The molecule has 1 heterocycles. The highest BCUT2D eigenvalue weighted by molar-refractivity contribution is 6.42. The molecule has 1 aromatic carbocycles. The molecule has 0 N–H and O–H groups in total. The second kappa shape index (κ2) is 6.82. The van der Waals surface area contributed by atoms with Crippen molar-refractivity contribution in [1.82, 2.24) is 0 Å². The molecule has 6 heteroatoms. The van der Waals surface area contributed by atoms with Gasteiger partial charge in [-0.1, -0.05) is 49.2 Å². The van der Waals surface area contributed by atoms with Gasteiger partial charge in [0.25, 0.3) is 0 Å². The molecule has 0 radical (unpaired) electrons. The van der Waals surface area contributed by atoms with Gasteiger partial charge < -0.3 is 4.74 Å². The maximum atomic E-state index is 13.0. The van der Waals surface area contributed by atoms with E-state index in [0.29, 0.717) is 39.7 Å². The lowest BCUT2D eigenvalue weighted by Gasteiger charge is -2.39. The number of nitrogens with zero attached hydrogens (tertiary/aromatic N) is 1. The van der Waals surface area contributed by atoms with Crippen LogP contribution in [0.25, 0.3) is 0 Å². The van der Waals surface area contributed by atoms with Crippen LogP contribution in [-0.4, -0.2) is 24.6 Å². The standard InChI is InChI=1S/C20H21Cl2NO3/c1-10-15(19(25)26-4)16(11-6-5-7-12(21)18(11)22)17-13(23-10)8-20(2,3)9-14(17)24/h5-7,15-16H,8-9H2,1-4H3/t15?,16-/m0/s1. The normalized spacial score (nSPS) is 24.8. The smallest absolute Gasteiger partial charge is 0.315 e. The Bertz CT molecular complexity index is 855. The molecule has 1 aliphatic carbocycles. The summed E-state index contributed by atoms with van der Waals surface area (Å²) in [5.74, 6) is -1.66. The van der Waals surface area contributed by atoms with Gasteiger partial charge in [0.15, 0.2) is 5.78 Å². The summed E-state index contributed by atoms with van der Waals surface area (Å²) in [7, 11) is 1.34. The van der Waals surface area contributed by atoms with Crippen molar-refractivity contribution in [3.8, 4) is 0 Å². The fourth-order valence-corrected chi connectivity index (χ4v) is 4.40. The van der Waals surface area contributed by atoms with Crippen molar-refractivity contribution in [2.45, 2.75) is 39.5 Å². The largest absolute Gasteiger partial charge is 0.468 e. The highest BCUT2D eigenvalue weighted by Gasteiger charge is 2.46. The molecule has 1 unspecified atom stereocenters. The Morgan fingerprint density at radius 2 is 1.96 bits per heavy atom. The Morgan fingerprint density at radius 1 is 1.27 bits per heavy atom. The molecule has 26 heavy (non-hydrogen) atoms. The lowest BCUT2D eigenvalue weighted by molar-refractivity contribution is -0.143. The first-order chi connectivity index (χ1) is 12.2. The van der Waals surface area contributed by atoms with Crippen molar-refractivity contribution in [1.29, 1.82) is 0 Å². The van der Waals surface area contributed by atoms with Gasteiger partial charge in [0.2, 0.25) is 0 Å². The number of aliphatic imine (C=N–C) groups is 1. The van der Waals surface area contributed by atoms with Gasteiger partial charge in [-0.25, -0.2) is 0 Å². The highest BCUT2D eigenvalue weighted by Crippen LogP contribution is 2.49. The third-order valence-corrected chi connectivity index (χ3v) is 5.91. The Kier molecular flexibility index (Phi) is 5.02. The van der Waals surface area contributed by atoms with E-state index < -0.39 is 17.8 Å². The third kappa shape index (κ3) is 3.21. The minimum atomic E-state index is -0.695. The van der Waals surface area contributed by atoms with Crippen LogP contribution in [0.15, 0.2) is 34.5 Å². The number of hydrogen-bond acceptors (Lipinski definition) is 4. The van der Waals surface area contributed by atoms with Gasteiger partial charge in [-0.3, -0.25) is 14.6 Å². The number of methoxy groups -OCH3 is 1. The Labute approximate surface area is 163 Å². The number of allylic oxidation sites excluding steroid dienone is 2. The van der Waals surface area contributed by atoms with E-state index in [1.54, 1.807) is 19.1 Å². The van der Waals surface area contributed by atoms with Gasteiger partial charge in [0, 0.05) is 29.3 Å². The van der Waals surface area contributed by atoms with Crippen molar-refractivity contribution in [3.05, 3.63) is 45.1 Å². The minimum Gasteiger partial charge on any atom is -0.468 e. The molecule has 2 aliphatic rings. The zero-order chi connectivity index (χ0) is 19.2. The van der Waals surface area contributed by atoms with E-state index in [2.05, 4.69) is 4.99 Å². The van der Waals surface area contributed by atoms with Crippen molar-refractivity contribution < 1.29 is 14.3 Å². The van der Waals surface area contributed by atoms with Gasteiger partial charge in [-0.15, -0.1) is 0 Å². The first-order valence-corrected chi connectivity index (χ1v) is 9.25. The van der Waals surface area contributed by atoms with E-state index in [4.69, 9.17) is 27.9 Å². The van der Waals surface area contributed by atoms with Crippen LogP contribution < -0.4 is 0 Å². The van der Waals surface area contributed by atoms with Crippen LogP contribution in [0.1, 0.15) is 45.1 Å². The van der Waals surface area contributed by atoms with Crippen LogP contribution in [0.4, 0.5) is 0 Å². The maximum Gasteiger partial charge on any atom is 0.315 e. The molecule has 138 valence electrons. The van der Waals surface area contributed by atoms with Crippen molar-refractivity contribution in [2.75, 3.05) is 7.11 Å². The fourth-order valence-electron chi connectivity index (χ4n) is 3.97. The van der Waals surface area contributed by atoms with Crippen molar-refractivity contribution in [2.24, 2.45) is 16.3 Å². The topological polar surface area (TPSA) is 55.7 Å². The second-order valence-electron chi connectivity index (χ2n) is 7.68. The fraction of sp³-hybridized carbons (Fsp3) is 0.450. The summed E-state index contributed by atoms with van der Waals surface area (Å²) in [5.41, 5.74) is 2.42. The molecular formula is C20H21Cl2NO3. The third-order valence-electron chi connectivity index (χ3n) is 5.07. The molecule has 0 amide bonds. The van der Waals surface area contributed by atoms with Crippen LogP contribution in [0.2, 0.25) is 10.0 Å². The predicted octanol–water partition coefficient (Wildman–Crippen LogP) is 4.98. The summed E-state index contributed by atoms with van der Waals surface area (Å²) >= 11 is 12.7. The predicted molar refractivity (Wildman–Crippen MR) is 103 cm³/mol. The molecule has 3 rings (SSSR count). The summed E-state index contributed by atoms with van der Waals surface area (Å²) in [6, 6.07) is 5.27. The SMILES string of the molecule is COC(=O)C1C(C)=NC2=C(C(=O)CC(C)(C)C2)[C@H]1c1cccc(Cl)c1Cl. The monoisotopic (exact) mass is 393 g/mol. The molecule has 0 saturated heterocycles. The summed E-state index contributed by atoms with van der Waals surface area (Å²) < 4.78 is 5.01. The Morgan fingerprint density at radius 3 is 2.62 bits per heavy atom. The molecule has 0 aromatic heterocycles. The number of Topliss-reactive ketones (excluding diaryl/α,β-unsaturated/α-hetero) is 1. The molecule has 1 aliphatic heterocycles.